The van der Waals surface area contributed by atoms with E-state index in [1.807, 2.05) is 42.6 Å². The Morgan fingerprint density at radius 2 is 1.65 bits per heavy atom. The molecule has 5 rings (SSSR count). The molecule has 3 N–H and O–H groups in total. The number of nitrogens with zero attached hydrogens (tertiary/aromatic N) is 1. The van der Waals surface area contributed by atoms with Crippen LogP contribution in [-0.2, 0) is 9.59 Å². The summed E-state index contributed by atoms with van der Waals surface area (Å²) < 4.78 is 0. The molecule has 0 aliphatic heterocycles. The third-order valence-electron chi connectivity index (χ3n) is 6.69. The molecule has 1 heterocycles. The summed E-state index contributed by atoms with van der Waals surface area (Å²) in [5, 5.41) is 21.1. The van der Waals surface area contributed by atoms with Crippen molar-refractivity contribution in [3.8, 4) is 17.2 Å². The predicted octanol–water partition coefficient (Wildman–Crippen LogP) is 8.39. The second kappa shape index (κ2) is 15.2. The number of carbonyl (C=O) groups excluding carboxylic acids is 3. The summed E-state index contributed by atoms with van der Waals surface area (Å²) in [6.07, 6.45) is 1.57. The number of amides is 3. The Hall–Kier alpha value is -5.14. The van der Waals surface area contributed by atoms with Gasteiger partial charge in [-0.1, -0.05) is 77.8 Å². The van der Waals surface area contributed by atoms with Crippen LogP contribution in [-0.4, -0.2) is 23.5 Å². The Morgan fingerprint density at radius 3 is 2.37 bits per heavy atom. The molecule has 0 aliphatic carbocycles. The van der Waals surface area contributed by atoms with E-state index in [4.69, 9.17) is 11.6 Å². The van der Waals surface area contributed by atoms with Crippen molar-refractivity contribution in [1.29, 1.82) is 5.26 Å². The Labute approximate surface area is 279 Å². The fraction of sp³-hybridized carbons (Fsp3) is 0.0556. The highest BCUT2D eigenvalue weighted by molar-refractivity contribution is 8.00. The monoisotopic (exact) mass is 662 g/mol. The van der Waals surface area contributed by atoms with E-state index in [0.717, 1.165) is 21.6 Å². The first-order chi connectivity index (χ1) is 22.3. The number of hydrogen-bond donors (Lipinski definition) is 3. The molecule has 0 unspecified atom stereocenters. The molecule has 4 aromatic carbocycles. The zero-order chi connectivity index (χ0) is 32.5. The lowest BCUT2D eigenvalue weighted by Gasteiger charge is -2.12. The standard InChI is InChI=1S/C36H27ClN4O3S2/c1-23-10-14-25(15-11-23)31-21-46-36(30(31)20-38)41-33(42)22-45-29-9-5-8-28(19-29)39-35(44)32(18-24-12-16-27(37)17-13-24)40-34(43)26-6-3-2-4-7-26/h2-19,21H,22H2,1H3,(H,39,44)(H,40,43)(H,41,42)/b32-18+. The molecule has 0 atom stereocenters. The van der Waals surface area contributed by atoms with E-state index in [1.54, 1.807) is 78.9 Å². The summed E-state index contributed by atoms with van der Waals surface area (Å²) in [7, 11) is 0. The van der Waals surface area contributed by atoms with Crippen molar-refractivity contribution in [2.24, 2.45) is 0 Å². The molecular formula is C36H27ClN4O3S2. The summed E-state index contributed by atoms with van der Waals surface area (Å²) in [5.41, 5.74) is 4.86. The van der Waals surface area contributed by atoms with Gasteiger partial charge in [0.05, 0.1) is 11.3 Å². The van der Waals surface area contributed by atoms with Crippen LogP contribution in [0.2, 0.25) is 5.02 Å². The second-order valence-corrected chi connectivity index (χ2v) is 12.4. The van der Waals surface area contributed by atoms with Crippen LogP contribution in [0.1, 0.15) is 27.0 Å². The molecule has 0 saturated carbocycles. The number of rotatable bonds is 10. The first-order valence-corrected chi connectivity index (χ1v) is 16.3. The van der Waals surface area contributed by atoms with E-state index in [9.17, 15) is 19.6 Å². The number of aryl methyl sites for hydroxylation is 1. The van der Waals surface area contributed by atoms with Crippen LogP contribution in [0.15, 0.2) is 119 Å². The van der Waals surface area contributed by atoms with E-state index in [0.29, 0.717) is 32.4 Å². The maximum absolute atomic E-state index is 13.4. The van der Waals surface area contributed by atoms with Crippen molar-refractivity contribution in [3.63, 3.8) is 0 Å². The maximum atomic E-state index is 13.4. The van der Waals surface area contributed by atoms with Crippen LogP contribution < -0.4 is 16.0 Å². The third kappa shape index (κ3) is 8.52. The lowest BCUT2D eigenvalue weighted by Crippen LogP contribution is -2.30. The van der Waals surface area contributed by atoms with E-state index >= 15 is 0 Å². The zero-order valence-electron chi connectivity index (χ0n) is 24.5. The number of hydrogen-bond acceptors (Lipinski definition) is 6. The lowest BCUT2D eigenvalue weighted by atomic mass is 10.0. The highest BCUT2D eigenvalue weighted by Crippen LogP contribution is 2.35. The van der Waals surface area contributed by atoms with Crippen molar-refractivity contribution in [3.05, 3.63) is 141 Å². The molecule has 10 heteroatoms. The van der Waals surface area contributed by atoms with E-state index in [1.165, 1.54) is 23.1 Å². The molecule has 5 aromatic rings. The fourth-order valence-electron chi connectivity index (χ4n) is 4.35. The molecule has 0 radical (unpaired) electrons. The largest absolute Gasteiger partial charge is 0.321 e. The molecule has 0 aliphatic rings. The Kier molecular flexibility index (Phi) is 10.7. The smallest absolute Gasteiger partial charge is 0.272 e. The molecule has 46 heavy (non-hydrogen) atoms. The van der Waals surface area contributed by atoms with E-state index < -0.39 is 11.8 Å². The minimum absolute atomic E-state index is 0.0443. The third-order valence-corrected chi connectivity index (χ3v) is 8.83. The first kappa shape index (κ1) is 32.3. The molecule has 0 bridgehead atoms. The summed E-state index contributed by atoms with van der Waals surface area (Å²) in [5.74, 6) is -1.12. The van der Waals surface area contributed by atoms with Crippen LogP contribution in [0.25, 0.3) is 17.2 Å². The molecule has 0 saturated heterocycles. The highest BCUT2D eigenvalue weighted by atomic mass is 35.5. The molecule has 0 spiro atoms. The van der Waals surface area contributed by atoms with Gasteiger partial charge in [0.1, 0.15) is 16.8 Å². The average molecular weight is 663 g/mol. The van der Waals surface area contributed by atoms with Crippen molar-refractivity contribution in [2.75, 3.05) is 16.4 Å². The Morgan fingerprint density at radius 1 is 0.913 bits per heavy atom. The van der Waals surface area contributed by atoms with E-state index in [2.05, 4.69) is 22.0 Å². The Bertz CT molecular complexity index is 1950. The average Bonchev–Trinajstić information content (AvgIpc) is 3.47. The first-order valence-electron chi connectivity index (χ1n) is 14.1. The molecule has 228 valence electrons. The number of anilines is 2. The maximum Gasteiger partial charge on any atom is 0.272 e. The van der Waals surface area contributed by atoms with Gasteiger partial charge in [0.25, 0.3) is 11.8 Å². The number of halogens is 1. The zero-order valence-corrected chi connectivity index (χ0v) is 26.9. The van der Waals surface area contributed by atoms with Gasteiger partial charge in [-0.3, -0.25) is 14.4 Å². The molecule has 3 amide bonds. The molecular weight excluding hydrogens is 636 g/mol. The fourth-order valence-corrected chi connectivity index (χ4v) is 6.17. The van der Waals surface area contributed by atoms with Crippen LogP contribution in [0.3, 0.4) is 0 Å². The summed E-state index contributed by atoms with van der Waals surface area (Å²) in [6, 6.07) is 32.6. The van der Waals surface area contributed by atoms with Crippen LogP contribution in [0, 0.1) is 18.3 Å². The van der Waals surface area contributed by atoms with Crippen LogP contribution in [0.5, 0.6) is 0 Å². The van der Waals surface area contributed by atoms with Crippen molar-refractivity contribution in [2.45, 2.75) is 11.8 Å². The quantitative estimate of drug-likeness (QED) is 0.103. The van der Waals surface area contributed by atoms with Gasteiger partial charge in [-0.05, 0) is 66.6 Å². The predicted molar refractivity (Wildman–Crippen MR) is 187 cm³/mol. The van der Waals surface area contributed by atoms with Crippen molar-refractivity contribution in [1.82, 2.24) is 5.32 Å². The summed E-state index contributed by atoms with van der Waals surface area (Å²) >= 11 is 8.62. The second-order valence-electron chi connectivity index (χ2n) is 10.1. The SMILES string of the molecule is Cc1ccc(-c2csc(NC(=O)CSc3cccc(NC(=O)/C(=C\c4ccc(Cl)cc4)NC(=O)c4ccccc4)c3)c2C#N)cc1. The normalized spacial score (nSPS) is 10.9. The van der Waals surface area contributed by atoms with Crippen LogP contribution in [0.4, 0.5) is 10.7 Å². The topological polar surface area (TPSA) is 111 Å². The highest BCUT2D eigenvalue weighted by Gasteiger charge is 2.17. The number of benzene rings is 4. The van der Waals surface area contributed by atoms with Gasteiger partial charge in [0.15, 0.2) is 0 Å². The van der Waals surface area contributed by atoms with E-state index in [-0.39, 0.29) is 17.4 Å². The lowest BCUT2D eigenvalue weighted by molar-refractivity contribution is -0.114. The number of thioether (sulfide) groups is 1. The number of thiophene rings is 1. The molecule has 0 fully saturated rings. The van der Waals surface area contributed by atoms with Crippen molar-refractivity contribution >= 4 is 69.2 Å². The van der Waals surface area contributed by atoms with Gasteiger partial charge >= 0.3 is 0 Å². The number of nitriles is 1. The number of carbonyl (C=O) groups is 3. The number of nitrogens with one attached hydrogen (secondary N) is 3. The van der Waals surface area contributed by atoms with Gasteiger partial charge in [-0.15, -0.1) is 23.1 Å². The van der Waals surface area contributed by atoms with Gasteiger partial charge < -0.3 is 16.0 Å². The molecule has 1 aromatic heterocycles. The van der Waals surface area contributed by atoms with Gasteiger partial charge in [-0.25, -0.2) is 0 Å². The minimum atomic E-state index is -0.523. The van der Waals surface area contributed by atoms with Gasteiger partial charge in [-0.2, -0.15) is 5.26 Å². The van der Waals surface area contributed by atoms with Gasteiger partial charge in [0.2, 0.25) is 5.91 Å². The van der Waals surface area contributed by atoms with Crippen molar-refractivity contribution < 1.29 is 14.4 Å². The molecule has 7 nitrogen and oxygen atoms in total. The van der Waals surface area contributed by atoms with Gasteiger partial charge in [0, 0.05) is 32.1 Å². The minimum Gasteiger partial charge on any atom is -0.321 e. The Balaban J connectivity index is 1.25. The summed E-state index contributed by atoms with van der Waals surface area (Å²) in [4.78, 5) is 39.9. The summed E-state index contributed by atoms with van der Waals surface area (Å²) in [6.45, 7) is 2.00. The van der Waals surface area contributed by atoms with Crippen LogP contribution >= 0.6 is 34.7 Å².